The zero-order valence-corrected chi connectivity index (χ0v) is 10.7. The molecule has 0 amide bonds. The lowest BCUT2D eigenvalue weighted by Crippen LogP contribution is -2.10. The lowest BCUT2D eigenvalue weighted by molar-refractivity contribution is -0.147. The van der Waals surface area contributed by atoms with Crippen molar-refractivity contribution < 1.29 is 9.53 Å². The molecule has 0 aromatic carbocycles. The molecule has 15 heavy (non-hydrogen) atoms. The summed E-state index contributed by atoms with van der Waals surface area (Å²) in [5.74, 6) is 0.754. The fourth-order valence-corrected chi connectivity index (χ4v) is 1.50. The molecule has 0 radical (unpaired) electrons. The molecule has 0 aromatic rings. The molecule has 0 N–H and O–H groups in total. The van der Waals surface area contributed by atoms with Gasteiger partial charge in [0.05, 0.1) is 6.10 Å². The third kappa shape index (κ3) is 11.4. The largest absolute Gasteiger partial charge is 0.463 e. The van der Waals surface area contributed by atoms with E-state index in [9.17, 15) is 4.79 Å². The minimum absolute atomic E-state index is 0.0263. The fourth-order valence-electron chi connectivity index (χ4n) is 1.50. The third-order valence-corrected chi connectivity index (χ3v) is 2.28. The van der Waals surface area contributed by atoms with Crippen molar-refractivity contribution in [3.8, 4) is 0 Å². The van der Waals surface area contributed by atoms with Crippen molar-refractivity contribution in [2.45, 2.75) is 72.3 Å². The molecule has 0 unspecified atom stereocenters. The van der Waals surface area contributed by atoms with Crippen molar-refractivity contribution >= 4 is 5.97 Å². The summed E-state index contributed by atoms with van der Waals surface area (Å²) in [6.07, 6.45) is 6.57. The second-order valence-corrected chi connectivity index (χ2v) is 4.89. The van der Waals surface area contributed by atoms with Crippen LogP contribution in [-0.2, 0) is 9.53 Å². The van der Waals surface area contributed by atoms with E-state index in [0.29, 0.717) is 6.42 Å². The zero-order chi connectivity index (χ0) is 11.7. The molecule has 0 rings (SSSR count). The van der Waals surface area contributed by atoms with Gasteiger partial charge in [-0.15, -0.1) is 0 Å². The first-order valence-electron chi connectivity index (χ1n) is 6.22. The van der Waals surface area contributed by atoms with Crippen molar-refractivity contribution in [3.05, 3.63) is 0 Å². The SMILES string of the molecule is CC(C)CCCCCCC(=O)OC(C)C. The Morgan fingerprint density at radius 1 is 1.00 bits per heavy atom. The van der Waals surface area contributed by atoms with E-state index in [1.807, 2.05) is 13.8 Å². The minimum atomic E-state index is -0.0474. The predicted molar refractivity (Wildman–Crippen MR) is 63.8 cm³/mol. The normalized spacial score (nSPS) is 11.1. The molecule has 0 saturated heterocycles. The number of carbonyl (C=O) groups is 1. The molecule has 0 aliphatic heterocycles. The van der Waals surface area contributed by atoms with Gasteiger partial charge in [0.2, 0.25) is 0 Å². The zero-order valence-electron chi connectivity index (χ0n) is 10.7. The van der Waals surface area contributed by atoms with Crippen molar-refractivity contribution in [1.82, 2.24) is 0 Å². The highest BCUT2D eigenvalue weighted by Gasteiger charge is 2.04. The van der Waals surface area contributed by atoms with Gasteiger partial charge in [0.25, 0.3) is 0 Å². The summed E-state index contributed by atoms with van der Waals surface area (Å²) >= 11 is 0. The van der Waals surface area contributed by atoms with Gasteiger partial charge in [-0.1, -0.05) is 39.5 Å². The first-order valence-corrected chi connectivity index (χ1v) is 6.22. The van der Waals surface area contributed by atoms with Crippen LogP contribution in [0.1, 0.15) is 66.2 Å². The maximum Gasteiger partial charge on any atom is 0.306 e. The Hall–Kier alpha value is -0.530. The van der Waals surface area contributed by atoms with Crippen LogP contribution in [0.4, 0.5) is 0 Å². The minimum Gasteiger partial charge on any atom is -0.463 e. The van der Waals surface area contributed by atoms with Crippen LogP contribution in [0.25, 0.3) is 0 Å². The van der Waals surface area contributed by atoms with E-state index < -0.39 is 0 Å². The van der Waals surface area contributed by atoms with Crippen LogP contribution in [0.3, 0.4) is 0 Å². The average molecular weight is 214 g/mol. The second kappa shape index (κ2) is 8.75. The molecule has 90 valence electrons. The topological polar surface area (TPSA) is 26.3 Å². The fraction of sp³-hybridized carbons (Fsp3) is 0.923. The number of hydrogen-bond donors (Lipinski definition) is 0. The Labute approximate surface area is 94.4 Å². The number of rotatable bonds is 8. The number of carbonyl (C=O) groups excluding carboxylic acids is 1. The number of unbranched alkanes of at least 4 members (excludes halogenated alkanes) is 3. The first-order chi connectivity index (χ1) is 7.02. The van der Waals surface area contributed by atoms with Crippen LogP contribution < -0.4 is 0 Å². The molecular formula is C13H26O2. The summed E-state index contributed by atoms with van der Waals surface area (Å²) < 4.78 is 5.06. The highest BCUT2D eigenvalue weighted by Crippen LogP contribution is 2.10. The van der Waals surface area contributed by atoms with Crippen molar-refractivity contribution in [2.24, 2.45) is 5.92 Å². The maximum atomic E-state index is 11.2. The summed E-state index contributed by atoms with van der Waals surface area (Å²) in [7, 11) is 0. The van der Waals surface area contributed by atoms with Gasteiger partial charge in [-0.2, -0.15) is 0 Å². The lowest BCUT2D eigenvalue weighted by Gasteiger charge is -2.07. The Morgan fingerprint density at radius 3 is 2.13 bits per heavy atom. The molecular weight excluding hydrogens is 188 g/mol. The van der Waals surface area contributed by atoms with Gasteiger partial charge < -0.3 is 4.74 Å². The van der Waals surface area contributed by atoms with E-state index >= 15 is 0 Å². The molecule has 0 heterocycles. The lowest BCUT2D eigenvalue weighted by atomic mass is 10.0. The van der Waals surface area contributed by atoms with Crippen LogP contribution in [0.5, 0.6) is 0 Å². The van der Waals surface area contributed by atoms with Gasteiger partial charge in [-0.25, -0.2) is 0 Å². The van der Waals surface area contributed by atoms with Crippen molar-refractivity contribution in [1.29, 1.82) is 0 Å². The van der Waals surface area contributed by atoms with Gasteiger partial charge >= 0.3 is 5.97 Å². The van der Waals surface area contributed by atoms with Crippen LogP contribution in [-0.4, -0.2) is 12.1 Å². The molecule has 0 atom stereocenters. The maximum absolute atomic E-state index is 11.2. The van der Waals surface area contributed by atoms with Gasteiger partial charge in [-0.05, 0) is 26.2 Å². The Morgan fingerprint density at radius 2 is 1.60 bits per heavy atom. The number of ether oxygens (including phenoxy) is 1. The summed E-state index contributed by atoms with van der Waals surface area (Å²) in [6.45, 7) is 8.28. The van der Waals surface area contributed by atoms with Gasteiger partial charge in [0.15, 0.2) is 0 Å². The summed E-state index contributed by atoms with van der Waals surface area (Å²) in [6, 6.07) is 0. The van der Waals surface area contributed by atoms with Crippen LogP contribution >= 0.6 is 0 Å². The van der Waals surface area contributed by atoms with E-state index in [1.54, 1.807) is 0 Å². The molecule has 0 aromatic heterocycles. The monoisotopic (exact) mass is 214 g/mol. The van der Waals surface area contributed by atoms with Gasteiger partial charge in [-0.3, -0.25) is 4.79 Å². The van der Waals surface area contributed by atoms with Gasteiger partial charge in [0, 0.05) is 6.42 Å². The predicted octanol–water partition coefficient (Wildman–Crippen LogP) is 3.93. The third-order valence-electron chi connectivity index (χ3n) is 2.28. The molecule has 0 saturated carbocycles. The highest BCUT2D eigenvalue weighted by atomic mass is 16.5. The van der Waals surface area contributed by atoms with E-state index in [1.165, 1.54) is 19.3 Å². The standard InChI is InChI=1S/C13H26O2/c1-11(2)9-7-5-6-8-10-13(14)15-12(3)4/h11-12H,5-10H2,1-4H3. The highest BCUT2D eigenvalue weighted by molar-refractivity contribution is 5.69. The van der Waals surface area contributed by atoms with Crippen LogP contribution in [0.15, 0.2) is 0 Å². The number of esters is 1. The van der Waals surface area contributed by atoms with E-state index in [4.69, 9.17) is 4.74 Å². The van der Waals surface area contributed by atoms with Crippen LogP contribution in [0, 0.1) is 5.92 Å². The summed E-state index contributed by atoms with van der Waals surface area (Å²) in [4.78, 5) is 11.2. The number of hydrogen-bond acceptors (Lipinski definition) is 2. The summed E-state index contributed by atoms with van der Waals surface area (Å²) in [5.41, 5.74) is 0. The quantitative estimate of drug-likeness (QED) is 0.452. The average Bonchev–Trinajstić information content (AvgIpc) is 2.09. The second-order valence-electron chi connectivity index (χ2n) is 4.89. The molecule has 0 bridgehead atoms. The molecule has 2 nitrogen and oxygen atoms in total. The van der Waals surface area contributed by atoms with E-state index in [0.717, 1.165) is 18.8 Å². The Kier molecular flexibility index (Phi) is 8.44. The Bertz CT molecular complexity index is 162. The summed E-state index contributed by atoms with van der Waals surface area (Å²) in [5, 5.41) is 0. The first kappa shape index (κ1) is 14.5. The Balaban J connectivity index is 3.20. The molecule has 0 spiro atoms. The van der Waals surface area contributed by atoms with E-state index in [2.05, 4.69) is 13.8 Å². The molecule has 0 fully saturated rings. The van der Waals surface area contributed by atoms with Gasteiger partial charge in [0.1, 0.15) is 0 Å². The molecule has 0 aliphatic rings. The van der Waals surface area contributed by atoms with Crippen molar-refractivity contribution in [2.75, 3.05) is 0 Å². The van der Waals surface area contributed by atoms with E-state index in [-0.39, 0.29) is 12.1 Å². The molecule has 2 heteroatoms. The van der Waals surface area contributed by atoms with Crippen LogP contribution in [0.2, 0.25) is 0 Å². The van der Waals surface area contributed by atoms with Crippen molar-refractivity contribution in [3.63, 3.8) is 0 Å². The smallest absolute Gasteiger partial charge is 0.306 e. The molecule has 0 aliphatic carbocycles.